The van der Waals surface area contributed by atoms with Crippen LogP contribution < -0.4 is 0 Å². The van der Waals surface area contributed by atoms with Gasteiger partial charge in [0.25, 0.3) is 0 Å². The zero-order chi connectivity index (χ0) is 9.97. The number of ether oxygens (including phenoxy) is 2. The highest BCUT2D eigenvalue weighted by Crippen LogP contribution is 2.27. The summed E-state index contributed by atoms with van der Waals surface area (Å²) in [6.07, 6.45) is -0.360. The van der Waals surface area contributed by atoms with E-state index < -0.39 is 0 Å². The number of rotatable bonds is 2. The Labute approximate surface area is 81.7 Å². The number of aliphatic hydroxyl groups excluding tert-OH is 1. The summed E-state index contributed by atoms with van der Waals surface area (Å²) in [7, 11) is 0. The van der Waals surface area contributed by atoms with Crippen molar-refractivity contribution in [1.82, 2.24) is 0 Å². The number of benzene rings is 1. The van der Waals surface area contributed by atoms with E-state index >= 15 is 0 Å². The topological polar surface area (TPSA) is 58.9 Å². The molecule has 2 rings (SSSR count). The van der Waals surface area contributed by atoms with Crippen LogP contribution in [0.4, 0.5) is 0 Å². The van der Waals surface area contributed by atoms with Gasteiger partial charge in [-0.3, -0.25) is 0 Å². The fraction of sp³-hybridized carbons (Fsp3) is 0.400. The standard InChI is InChI=1S/C10H12O4/c11-6-8-5-7(1-2-9(8)12)10-13-3-4-14-10/h1-2,5,10-12H,3-4,6H2. The lowest BCUT2D eigenvalue weighted by Gasteiger charge is -2.10. The molecule has 0 atom stereocenters. The summed E-state index contributed by atoms with van der Waals surface area (Å²) in [4.78, 5) is 0. The first-order valence-electron chi connectivity index (χ1n) is 4.47. The fourth-order valence-electron chi connectivity index (χ4n) is 1.43. The van der Waals surface area contributed by atoms with Crippen LogP contribution in [0.1, 0.15) is 17.4 Å². The van der Waals surface area contributed by atoms with E-state index in [9.17, 15) is 5.11 Å². The van der Waals surface area contributed by atoms with Gasteiger partial charge in [-0.05, 0) is 12.1 Å². The zero-order valence-corrected chi connectivity index (χ0v) is 7.64. The smallest absolute Gasteiger partial charge is 0.184 e. The maximum Gasteiger partial charge on any atom is 0.184 e. The third kappa shape index (κ3) is 1.72. The summed E-state index contributed by atoms with van der Waals surface area (Å²) in [5, 5.41) is 18.3. The molecule has 1 fully saturated rings. The molecule has 0 aromatic heterocycles. The highest BCUT2D eigenvalue weighted by molar-refractivity contribution is 5.36. The molecule has 14 heavy (non-hydrogen) atoms. The van der Waals surface area contributed by atoms with Crippen molar-refractivity contribution in [2.45, 2.75) is 12.9 Å². The Morgan fingerprint density at radius 1 is 1.29 bits per heavy atom. The maximum atomic E-state index is 9.34. The first-order chi connectivity index (χ1) is 6.81. The second-order valence-electron chi connectivity index (χ2n) is 3.12. The molecule has 4 nitrogen and oxygen atoms in total. The number of hydrogen-bond donors (Lipinski definition) is 2. The molecule has 0 saturated carbocycles. The molecule has 0 amide bonds. The summed E-state index contributed by atoms with van der Waals surface area (Å²) in [6.45, 7) is 0.979. The van der Waals surface area contributed by atoms with Gasteiger partial charge in [-0.25, -0.2) is 0 Å². The van der Waals surface area contributed by atoms with Gasteiger partial charge in [-0.2, -0.15) is 0 Å². The molecule has 0 unspecified atom stereocenters. The average Bonchev–Trinajstić information content (AvgIpc) is 2.71. The predicted molar refractivity (Wildman–Crippen MR) is 48.7 cm³/mol. The number of aliphatic hydroxyl groups is 1. The van der Waals surface area contributed by atoms with Crippen LogP contribution in [0, 0.1) is 0 Å². The van der Waals surface area contributed by atoms with Crippen molar-refractivity contribution in [3.05, 3.63) is 29.3 Å². The van der Waals surface area contributed by atoms with Crippen molar-refractivity contribution in [2.75, 3.05) is 13.2 Å². The van der Waals surface area contributed by atoms with Gasteiger partial charge in [0.2, 0.25) is 0 Å². The van der Waals surface area contributed by atoms with E-state index in [0.29, 0.717) is 18.8 Å². The summed E-state index contributed by atoms with van der Waals surface area (Å²) in [6, 6.07) is 4.95. The second kappa shape index (κ2) is 3.96. The fourth-order valence-corrected chi connectivity index (χ4v) is 1.43. The van der Waals surface area contributed by atoms with Gasteiger partial charge in [-0.1, -0.05) is 6.07 Å². The monoisotopic (exact) mass is 196 g/mol. The SMILES string of the molecule is OCc1cc(C2OCCO2)ccc1O. The van der Waals surface area contributed by atoms with E-state index in [1.807, 2.05) is 0 Å². The Hall–Kier alpha value is -1.10. The molecule has 1 aliphatic heterocycles. The lowest BCUT2D eigenvalue weighted by atomic mass is 10.1. The van der Waals surface area contributed by atoms with E-state index in [1.165, 1.54) is 6.07 Å². The minimum atomic E-state index is -0.360. The third-order valence-electron chi connectivity index (χ3n) is 2.17. The first-order valence-corrected chi connectivity index (χ1v) is 4.47. The minimum Gasteiger partial charge on any atom is -0.508 e. The van der Waals surface area contributed by atoms with E-state index in [4.69, 9.17) is 14.6 Å². The van der Waals surface area contributed by atoms with Crippen LogP contribution in [-0.4, -0.2) is 23.4 Å². The molecule has 76 valence electrons. The highest BCUT2D eigenvalue weighted by atomic mass is 16.7. The van der Waals surface area contributed by atoms with E-state index in [0.717, 1.165) is 5.56 Å². The Balaban J connectivity index is 2.25. The van der Waals surface area contributed by atoms with Crippen molar-refractivity contribution in [3.8, 4) is 5.75 Å². The molecule has 0 bridgehead atoms. The summed E-state index contributed by atoms with van der Waals surface area (Å²) >= 11 is 0. The summed E-state index contributed by atoms with van der Waals surface area (Å²) in [5.74, 6) is 0.0919. The molecule has 0 spiro atoms. The van der Waals surface area contributed by atoms with Crippen LogP contribution in [0.25, 0.3) is 0 Å². The molecule has 1 aliphatic rings. The average molecular weight is 196 g/mol. The van der Waals surface area contributed by atoms with Crippen molar-refractivity contribution in [1.29, 1.82) is 0 Å². The number of phenols is 1. The summed E-state index contributed by atoms with van der Waals surface area (Å²) in [5.41, 5.74) is 1.31. The molecule has 2 N–H and O–H groups in total. The maximum absolute atomic E-state index is 9.34. The number of aromatic hydroxyl groups is 1. The third-order valence-corrected chi connectivity index (χ3v) is 2.17. The lowest BCUT2D eigenvalue weighted by molar-refractivity contribution is -0.0442. The van der Waals surface area contributed by atoms with Crippen LogP contribution in [0.15, 0.2) is 18.2 Å². The van der Waals surface area contributed by atoms with Crippen molar-refractivity contribution >= 4 is 0 Å². The quantitative estimate of drug-likeness (QED) is 0.738. The van der Waals surface area contributed by atoms with Gasteiger partial charge in [0.15, 0.2) is 6.29 Å². The molecule has 1 aromatic carbocycles. The largest absolute Gasteiger partial charge is 0.508 e. The van der Waals surface area contributed by atoms with Gasteiger partial charge >= 0.3 is 0 Å². The molecule has 1 heterocycles. The first kappa shape index (κ1) is 9.45. The van der Waals surface area contributed by atoms with Crippen molar-refractivity contribution < 1.29 is 19.7 Å². The van der Waals surface area contributed by atoms with Crippen molar-refractivity contribution in [2.24, 2.45) is 0 Å². The Kier molecular flexibility index (Phi) is 2.67. The Bertz CT molecular complexity index is 318. The number of hydrogen-bond acceptors (Lipinski definition) is 4. The van der Waals surface area contributed by atoms with E-state index in [-0.39, 0.29) is 18.6 Å². The van der Waals surface area contributed by atoms with Gasteiger partial charge in [0, 0.05) is 11.1 Å². The molecular formula is C10H12O4. The highest BCUT2D eigenvalue weighted by Gasteiger charge is 2.18. The second-order valence-corrected chi connectivity index (χ2v) is 3.12. The Morgan fingerprint density at radius 3 is 2.64 bits per heavy atom. The molecule has 0 radical (unpaired) electrons. The van der Waals surface area contributed by atoms with Gasteiger partial charge in [-0.15, -0.1) is 0 Å². The van der Waals surface area contributed by atoms with Crippen LogP contribution in [0.2, 0.25) is 0 Å². The molecule has 4 heteroatoms. The molecule has 1 saturated heterocycles. The zero-order valence-electron chi connectivity index (χ0n) is 7.64. The van der Waals surface area contributed by atoms with Crippen LogP contribution in [0.3, 0.4) is 0 Å². The minimum absolute atomic E-state index is 0.0919. The predicted octanol–water partition coefficient (Wildman–Crippen LogP) is 0.930. The van der Waals surface area contributed by atoms with E-state index in [2.05, 4.69) is 0 Å². The van der Waals surface area contributed by atoms with Crippen molar-refractivity contribution in [3.63, 3.8) is 0 Å². The molecule has 0 aliphatic carbocycles. The molecule has 1 aromatic rings. The van der Waals surface area contributed by atoms with Gasteiger partial charge < -0.3 is 19.7 Å². The molecular weight excluding hydrogens is 184 g/mol. The Morgan fingerprint density at radius 2 is 2.00 bits per heavy atom. The van der Waals surface area contributed by atoms with Crippen LogP contribution >= 0.6 is 0 Å². The lowest BCUT2D eigenvalue weighted by Crippen LogP contribution is -1.99. The van der Waals surface area contributed by atoms with Crippen LogP contribution in [0.5, 0.6) is 5.75 Å². The van der Waals surface area contributed by atoms with Gasteiger partial charge in [0.1, 0.15) is 5.75 Å². The van der Waals surface area contributed by atoms with Gasteiger partial charge in [0.05, 0.1) is 19.8 Å². The van der Waals surface area contributed by atoms with Crippen LogP contribution in [-0.2, 0) is 16.1 Å². The van der Waals surface area contributed by atoms with E-state index in [1.54, 1.807) is 12.1 Å². The normalized spacial score (nSPS) is 17.5. The summed E-state index contributed by atoms with van der Waals surface area (Å²) < 4.78 is 10.6.